The summed E-state index contributed by atoms with van der Waals surface area (Å²) in [5, 5.41) is 7.19. The van der Waals surface area contributed by atoms with Crippen molar-refractivity contribution < 1.29 is 9.53 Å². The van der Waals surface area contributed by atoms with Crippen LogP contribution in [0, 0.1) is 0 Å². The molecule has 1 atom stereocenters. The summed E-state index contributed by atoms with van der Waals surface area (Å²) in [5.74, 6) is 2.02. The molecule has 26 heavy (non-hydrogen) atoms. The van der Waals surface area contributed by atoms with Gasteiger partial charge in [0.25, 0.3) is 0 Å². The number of methoxy groups -OCH3 is 1. The molecule has 0 N–H and O–H groups in total. The number of hydrogen-bond acceptors (Lipinski definition) is 5. The molecule has 0 saturated heterocycles. The first-order chi connectivity index (χ1) is 12.6. The fraction of sp³-hybridized carbons (Fsp3) is 0.211. The maximum Gasteiger partial charge on any atom is 0.307 e. The van der Waals surface area contributed by atoms with E-state index in [0.29, 0.717) is 23.0 Å². The number of halogens is 1. The van der Waals surface area contributed by atoms with Crippen molar-refractivity contribution in [3.63, 3.8) is 0 Å². The zero-order valence-electron chi connectivity index (χ0n) is 14.1. The van der Waals surface area contributed by atoms with Crippen LogP contribution in [-0.4, -0.2) is 34.7 Å². The molecule has 2 heterocycles. The van der Waals surface area contributed by atoms with E-state index in [1.807, 2.05) is 53.5 Å². The summed E-state index contributed by atoms with van der Waals surface area (Å²) in [4.78, 5) is 15.7. The smallest absolute Gasteiger partial charge is 0.307 e. The highest BCUT2D eigenvalue weighted by molar-refractivity contribution is 8.14. The molecule has 0 aliphatic carbocycles. The van der Waals surface area contributed by atoms with Crippen LogP contribution < -0.4 is 4.74 Å². The molecular weight excluding hydrogens is 370 g/mol. The molecule has 0 saturated carbocycles. The quantitative estimate of drug-likeness (QED) is 0.764. The van der Waals surface area contributed by atoms with Crippen molar-refractivity contribution in [1.29, 1.82) is 0 Å². The normalized spacial score (nSPS) is 19.5. The second kappa shape index (κ2) is 7.13. The maximum absolute atomic E-state index is 11.6. The first-order valence-corrected chi connectivity index (χ1v) is 9.51. The van der Waals surface area contributed by atoms with Gasteiger partial charge >= 0.3 is 5.24 Å². The van der Waals surface area contributed by atoms with Gasteiger partial charge in [-0.05, 0) is 29.8 Å². The Morgan fingerprint density at radius 2 is 2.04 bits per heavy atom. The lowest BCUT2D eigenvalue weighted by Gasteiger charge is -2.23. The number of aliphatic imine (C=N–C) groups is 1. The number of hydrogen-bond donors (Lipinski definition) is 0. The van der Waals surface area contributed by atoms with Crippen LogP contribution in [0.3, 0.4) is 0 Å². The minimum absolute atomic E-state index is 0.0151. The van der Waals surface area contributed by atoms with Crippen LogP contribution in [0.15, 0.2) is 58.6 Å². The Balaban J connectivity index is 1.71. The molecule has 132 valence electrons. The monoisotopic (exact) mass is 385 g/mol. The average Bonchev–Trinajstić information content (AvgIpc) is 3.29. The van der Waals surface area contributed by atoms with Gasteiger partial charge in [0, 0.05) is 17.0 Å². The Morgan fingerprint density at radius 3 is 2.73 bits per heavy atom. The molecule has 2 aliphatic rings. The van der Waals surface area contributed by atoms with Gasteiger partial charge in [0.15, 0.2) is 0 Å². The summed E-state index contributed by atoms with van der Waals surface area (Å²) in [6.07, 6.45) is 0.715. The molecule has 0 radical (unpaired) electrons. The van der Waals surface area contributed by atoms with Crippen molar-refractivity contribution in [2.24, 2.45) is 10.1 Å². The lowest BCUT2D eigenvalue weighted by Crippen LogP contribution is -2.27. The molecule has 2 aromatic rings. The molecule has 5 nitrogen and oxygen atoms in total. The van der Waals surface area contributed by atoms with E-state index in [9.17, 15) is 4.79 Å². The van der Waals surface area contributed by atoms with Crippen molar-refractivity contribution >= 4 is 40.1 Å². The summed E-state index contributed by atoms with van der Waals surface area (Å²) < 4.78 is 5.32. The Labute approximate surface area is 160 Å². The van der Waals surface area contributed by atoms with Crippen molar-refractivity contribution in [1.82, 2.24) is 5.01 Å². The molecule has 4 rings (SSSR count). The Hall–Kier alpha value is -2.31. The molecule has 0 spiro atoms. The summed E-state index contributed by atoms with van der Waals surface area (Å²) in [5.41, 5.74) is 3.03. The van der Waals surface area contributed by atoms with E-state index in [4.69, 9.17) is 21.4 Å². The minimum Gasteiger partial charge on any atom is -0.497 e. The highest BCUT2D eigenvalue weighted by atomic mass is 35.5. The van der Waals surface area contributed by atoms with E-state index in [0.717, 1.165) is 22.6 Å². The number of benzene rings is 2. The molecule has 2 aromatic carbocycles. The molecular formula is C19H16ClN3O2S. The average molecular weight is 386 g/mol. The highest BCUT2D eigenvalue weighted by Gasteiger charge is 2.34. The predicted octanol–water partition coefficient (Wildman–Crippen LogP) is 4.77. The van der Waals surface area contributed by atoms with Gasteiger partial charge in [0.1, 0.15) is 11.6 Å². The molecule has 0 fully saturated rings. The first-order valence-electron chi connectivity index (χ1n) is 8.15. The summed E-state index contributed by atoms with van der Waals surface area (Å²) >= 11 is 7.23. The first kappa shape index (κ1) is 17.1. The summed E-state index contributed by atoms with van der Waals surface area (Å²) in [7, 11) is 1.65. The van der Waals surface area contributed by atoms with Gasteiger partial charge in [-0.15, -0.1) is 0 Å². The fourth-order valence-corrected chi connectivity index (χ4v) is 3.83. The lowest BCUT2D eigenvalue weighted by molar-refractivity contribution is 0.267. The zero-order valence-corrected chi connectivity index (χ0v) is 15.6. The van der Waals surface area contributed by atoms with Gasteiger partial charge in [0.05, 0.1) is 24.6 Å². The molecule has 0 aromatic heterocycles. The number of carbonyl (C=O) groups excluding carboxylic acids is 1. The van der Waals surface area contributed by atoms with Gasteiger partial charge < -0.3 is 4.74 Å². The van der Waals surface area contributed by atoms with E-state index in [2.05, 4.69) is 4.99 Å². The third kappa shape index (κ3) is 3.34. The van der Waals surface area contributed by atoms with E-state index >= 15 is 0 Å². The van der Waals surface area contributed by atoms with Crippen LogP contribution in [0.1, 0.15) is 23.6 Å². The highest BCUT2D eigenvalue weighted by Crippen LogP contribution is 2.35. The Kier molecular flexibility index (Phi) is 4.70. The number of ether oxygens (including phenoxy) is 1. The second-order valence-electron chi connectivity index (χ2n) is 5.98. The number of nitrogens with zero attached hydrogens (tertiary/aromatic N) is 3. The molecule has 7 heteroatoms. The van der Waals surface area contributed by atoms with Gasteiger partial charge in [0.2, 0.25) is 0 Å². The largest absolute Gasteiger partial charge is 0.497 e. The van der Waals surface area contributed by atoms with E-state index in [1.54, 1.807) is 7.11 Å². The van der Waals surface area contributed by atoms with Crippen molar-refractivity contribution in [2.45, 2.75) is 12.5 Å². The number of carbonyl (C=O) groups is 1. The van der Waals surface area contributed by atoms with Gasteiger partial charge in [-0.3, -0.25) is 4.79 Å². The van der Waals surface area contributed by atoms with Crippen LogP contribution in [-0.2, 0) is 0 Å². The maximum atomic E-state index is 11.6. The number of hydrazone groups is 1. The van der Waals surface area contributed by atoms with Crippen LogP contribution in [0.4, 0.5) is 4.79 Å². The molecule has 0 bridgehead atoms. The molecule has 1 amide bonds. The van der Waals surface area contributed by atoms with E-state index in [-0.39, 0.29) is 11.3 Å². The van der Waals surface area contributed by atoms with Gasteiger partial charge in [-0.2, -0.15) is 10.1 Å². The molecule has 1 unspecified atom stereocenters. The third-order valence-electron chi connectivity index (χ3n) is 4.38. The van der Waals surface area contributed by atoms with Crippen molar-refractivity contribution in [2.75, 3.05) is 12.9 Å². The Bertz CT molecular complexity index is 911. The SMILES string of the molecule is COc1cccc(C2=NN(C3=NC(=O)SC3)C(c3ccc(Cl)cc3)C2)c1. The number of amides is 1. The van der Waals surface area contributed by atoms with Crippen LogP contribution >= 0.6 is 23.4 Å². The van der Waals surface area contributed by atoms with Gasteiger partial charge in [-0.25, -0.2) is 5.01 Å². The lowest BCUT2D eigenvalue weighted by atomic mass is 9.98. The van der Waals surface area contributed by atoms with Crippen LogP contribution in [0.5, 0.6) is 5.75 Å². The number of rotatable bonds is 3. The fourth-order valence-electron chi connectivity index (χ4n) is 3.08. The van der Waals surface area contributed by atoms with Crippen molar-refractivity contribution in [3.05, 3.63) is 64.7 Å². The topological polar surface area (TPSA) is 54.3 Å². The van der Waals surface area contributed by atoms with Gasteiger partial charge in [-0.1, -0.05) is 47.6 Å². The Morgan fingerprint density at radius 1 is 1.23 bits per heavy atom. The summed E-state index contributed by atoms with van der Waals surface area (Å²) in [6, 6.07) is 15.6. The number of amidine groups is 1. The third-order valence-corrected chi connectivity index (χ3v) is 5.37. The second-order valence-corrected chi connectivity index (χ2v) is 7.34. The predicted molar refractivity (Wildman–Crippen MR) is 105 cm³/mol. The number of thioether (sulfide) groups is 1. The van der Waals surface area contributed by atoms with E-state index in [1.165, 1.54) is 11.8 Å². The van der Waals surface area contributed by atoms with Crippen LogP contribution in [0.25, 0.3) is 0 Å². The van der Waals surface area contributed by atoms with Crippen molar-refractivity contribution in [3.8, 4) is 5.75 Å². The van der Waals surface area contributed by atoms with E-state index < -0.39 is 0 Å². The molecule has 2 aliphatic heterocycles. The summed E-state index contributed by atoms with van der Waals surface area (Å²) in [6.45, 7) is 0. The van der Waals surface area contributed by atoms with Crippen LogP contribution in [0.2, 0.25) is 5.02 Å². The minimum atomic E-state index is -0.167. The standard InChI is InChI=1S/C19H16ClN3O2S/c1-25-15-4-2-3-13(9-15)16-10-17(12-5-7-14(20)8-6-12)23(22-16)18-11-26-19(24)21-18/h2-9,17H,10-11H2,1H3. The zero-order chi connectivity index (χ0) is 18.1.